The van der Waals surface area contributed by atoms with Crippen molar-refractivity contribution in [2.24, 2.45) is 10.8 Å². The third kappa shape index (κ3) is 9.45. The number of piperazine rings is 1. The van der Waals surface area contributed by atoms with Crippen LogP contribution in [0.3, 0.4) is 0 Å². The first-order valence-electron chi connectivity index (χ1n) is 23.4. The average Bonchev–Trinajstić information content (AvgIpc) is 3.67. The van der Waals surface area contributed by atoms with Gasteiger partial charge in [-0.3, -0.25) is 19.8 Å². The number of sulfonamides is 1. The molecule has 3 aliphatic heterocycles. The van der Waals surface area contributed by atoms with Crippen LogP contribution in [0, 0.1) is 20.9 Å². The number of nitro groups is 1. The second-order valence-electron chi connectivity index (χ2n) is 19.7. The lowest BCUT2D eigenvalue weighted by molar-refractivity contribution is -0.384. The number of aromatic amines is 1. The molecule has 67 heavy (non-hydrogen) atoms. The van der Waals surface area contributed by atoms with Crippen molar-refractivity contribution >= 4 is 72.6 Å². The molecular weight excluding hydrogens is 892 g/mol. The van der Waals surface area contributed by atoms with Gasteiger partial charge in [-0.05, 0) is 128 Å². The van der Waals surface area contributed by atoms with Crippen molar-refractivity contribution < 1.29 is 27.6 Å². The van der Waals surface area contributed by atoms with Gasteiger partial charge in [0.2, 0.25) is 5.88 Å². The fourth-order valence-corrected chi connectivity index (χ4v) is 11.9. The standard InChI is InChI=1S/C50H57ClN8O7S/c1-49(2)14-12-35(41(31-49)33-4-6-36(51)7-5-33)32-56-19-21-57(22-20-56)38-8-10-40(43(27-38)58-18-3-23-66-48-45(58)26-34-13-17-52-46(34)54-48)47(60)55-67(63,64)39-9-11-42(44(28-39)59(61)62)53-37-29-50(30-37)15-24-65-25-16-50/h4-11,13,17,26-28,37,53H,3,12,14-16,18-25,29-32H2,1-2H3,(H,52,54)(H,55,60). The number of ether oxygens (including phenoxy) is 2. The summed E-state index contributed by atoms with van der Waals surface area (Å²) in [5.41, 5.74) is 7.23. The Morgan fingerprint density at radius 3 is 2.48 bits per heavy atom. The average molecular weight is 950 g/mol. The molecule has 3 N–H and O–H groups in total. The van der Waals surface area contributed by atoms with Gasteiger partial charge in [-0.2, -0.15) is 4.98 Å². The van der Waals surface area contributed by atoms with Crippen molar-refractivity contribution in [1.29, 1.82) is 0 Å². The Bertz CT molecular complexity index is 2840. The van der Waals surface area contributed by atoms with E-state index in [9.17, 15) is 23.3 Å². The highest BCUT2D eigenvalue weighted by Crippen LogP contribution is 2.50. The number of carbonyl (C=O) groups excluding carboxylic acids is 1. The zero-order chi connectivity index (χ0) is 46.5. The number of fused-ring (bicyclic) bond motifs is 2. The van der Waals surface area contributed by atoms with E-state index in [0.29, 0.717) is 55.7 Å². The quantitative estimate of drug-likeness (QED) is 0.0847. The number of pyridine rings is 1. The van der Waals surface area contributed by atoms with Gasteiger partial charge < -0.3 is 29.6 Å². The van der Waals surface area contributed by atoms with E-state index < -0.39 is 20.9 Å². The van der Waals surface area contributed by atoms with Crippen molar-refractivity contribution in [3.8, 4) is 5.88 Å². The maximum atomic E-state index is 14.4. The minimum Gasteiger partial charge on any atom is -0.476 e. The molecule has 0 radical (unpaired) electrons. The van der Waals surface area contributed by atoms with Gasteiger partial charge in [0.15, 0.2) is 0 Å². The Hall–Kier alpha value is -5.68. The number of halogens is 1. The van der Waals surface area contributed by atoms with E-state index in [1.807, 2.05) is 41.3 Å². The molecular formula is C50H57ClN8O7S. The monoisotopic (exact) mass is 948 g/mol. The summed E-state index contributed by atoms with van der Waals surface area (Å²) in [4.78, 5) is 40.5. The number of aromatic nitrogens is 2. The van der Waals surface area contributed by atoms with Crippen molar-refractivity contribution in [2.75, 3.05) is 74.2 Å². The maximum Gasteiger partial charge on any atom is 0.293 e. The lowest BCUT2D eigenvalue weighted by Gasteiger charge is -2.50. The van der Waals surface area contributed by atoms with E-state index in [4.69, 9.17) is 26.1 Å². The Morgan fingerprint density at radius 2 is 1.72 bits per heavy atom. The number of hydrogen-bond acceptors (Lipinski definition) is 12. The van der Waals surface area contributed by atoms with Gasteiger partial charge >= 0.3 is 0 Å². The SMILES string of the molecule is CC1(C)CCC(CN2CCN(c3ccc(C(=O)NS(=O)(=O)c4ccc(NC5CC6(CCOCC6)C5)c([N+](=O)[O-])c4)c(N4CCCOc5nc6[nH]ccc6cc54)c3)CC2)=C(c2ccc(Cl)cc2)C1. The van der Waals surface area contributed by atoms with Crippen LogP contribution in [0.25, 0.3) is 16.6 Å². The molecule has 2 aromatic heterocycles. The number of hydrogen-bond donors (Lipinski definition) is 3. The Labute approximate surface area is 396 Å². The van der Waals surface area contributed by atoms with Gasteiger partial charge in [0.1, 0.15) is 17.0 Å². The van der Waals surface area contributed by atoms with Crippen molar-refractivity contribution in [3.63, 3.8) is 0 Å². The molecule has 10 rings (SSSR count). The zero-order valence-corrected chi connectivity index (χ0v) is 39.6. The van der Waals surface area contributed by atoms with E-state index in [-0.39, 0.29) is 38.7 Å². The fraction of sp³-hybridized carbons (Fsp3) is 0.440. The Balaban J connectivity index is 0.911. The Kier molecular flexibility index (Phi) is 12.2. The van der Waals surface area contributed by atoms with E-state index in [0.717, 1.165) is 99.8 Å². The molecule has 2 aliphatic carbocycles. The van der Waals surface area contributed by atoms with Crippen LogP contribution in [-0.4, -0.2) is 99.2 Å². The topological polar surface area (TPSA) is 175 Å². The third-order valence-electron chi connectivity index (χ3n) is 14.6. The molecule has 2 saturated heterocycles. The summed E-state index contributed by atoms with van der Waals surface area (Å²) in [5.74, 6) is -0.468. The number of rotatable bonds is 11. The number of carbonyl (C=O) groups is 1. The van der Waals surface area contributed by atoms with Gasteiger partial charge in [-0.1, -0.05) is 43.2 Å². The minimum absolute atomic E-state index is 0.0308. The van der Waals surface area contributed by atoms with Gasteiger partial charge in [-0.15, -0.1) is 0 Å². The number of nitrogens with zero attached hydrogens (tertiary/aromatic N) is 5. The van der Waals surface area contributed by atoms with Gasteiger partial charge in [-0.25, -0.2) is 13.1 Å². The number of benzene rings is 3. The molecule has 0 unspecified atom stereocenters. The molecule has 0 atom stereocenters. The van der Waals surface area contributed by atoms with Crippen LogP contribution >= 0.6 is 11.6 Å². The van der Waals surface area contributed by atoms with Crippen LogP contribution in [0.15, 0.2) is 89.5 Å². The summed E-state index contributed by atoms with van der Waals surface area (Å²) in [6, 6.07) is 21.4. The van der Waals surface area contributed by atoms with Crippen LogP contribution in [0.1, 0.15) is 81.1 Å². The summed E-state index contributed by atoms with van der Waals surface area (Å²) >= 11 is 6.28. The highest BCUT2D eigenvalue weighted by Gasteiger charge is 2.45. The molecule has 17 heteroatoms. The first-order chi connectivity index (χ1) is 32.2. The zero-order valence-electron chi connectivity index (χ0n) is 38.0. The summed E-state index contributed by atoms with van der Waals surface area (Å²) in [7, 11) is -4.57. The van der Waals surface area contributed by atoms with E-state index >= 15 is 0 Å². The molecule has 3 fully saturated rings. The number of nitro benzene ring substituents is 1. The normalized spacial score (nSPS) is 19.9. The second kappa shape index (κ2) is 18.1. The molecule has 5 heterocycles. The van der Waals surface area contributed by atoms with Gasteiger partial charge in [0.05, 0.1) is 27.7 Å². The number of anilines is 4. The first kappa shape index (κ1) is 45.1. The number of H-pyrrole nitrogens is 1. The lowest BCUT2D eigenvalue weighted by atomic mass is 9.61. The predicted molar refractivity (Wildman–Crippen MR) is 261 cm³/mol. The number of allylic oxidation sites excluding steroid dienone is 1. The van der Waals surface area contributed by atoms with Crippen molar-refractivity contribution in [3.05, 3.63) is 111 Å². The molecule has 1 amide bonds. The molecule has 352 valence electrons. The Morgan fingerprint density at radius 1 is 0.940 bits per heavy atom. The number of nitrogens with one attached hydrogen (secondary N) is 3. The van der Waals surface area contributed by atoms with Crippen molar-refractivity contribution in [2.45, 2.75) is 76.2 Å². The predicted octanol–water partition coefficient (Wildman–Crippen LogP) is 9.32. The molecule has 1 saturated carbocycles. The lowest BCUT2D eigenvalue weighted by Crippen LogP contribution is -2.48. The van der Waals surface area contributed by atoms with Crippen LogP contribution in [0.5, 0.6) is 5.88 Å². The minimum atomic E-state index is -4.57. The summed E-state index contributed by atoms with van der Waals surface area (Å²) in [6.07, 6.45) is 9.28. The molecule has 1 spiro atoms. The van der Waals surface area contributed by atoms with Crippen LogP contribution in [0.4, 0.5) is 28.4 Å². The maximum absolute atomic E-state index is 14.4. The first-order valence-corrected chi connectivity index (χ1v) is 25.2. The van der Waals surface area contributed by atoms with Crippen molar-refractivity contribution in [1.82, 2.24) is 19.6 Å². The molecule has 0 bridgehead atoms. The molecule has 5 aliphatic rings. The van der Waals surface area contributed by atoms with E-state index in [1.165, 1.54) is 28.8 Å². The van der Waals surface area contributed by atoms with E-state index in [1.54, 1.807) is 12.3 Å². The third-order valence-corrected chi connectivity index (χ3v) is 16.1. The number of amides is 1. The highest BCUT2D eigenvalue weighted by molar-refractivity contribution is 7.90. The fourth-order valence-electron chi connectivity index (χ4n) is 10.8. The largest absolute Gasteiger partial charge is 0.476 e. The van der Waals surface area contributed by atoms with Crippen LogP contribution in [-0.2, 0) is 14.8 Å². The summed E-state index contributed by atoms with van der Waals surface area (Å²) in [6.45, 7) is 11.1. The van der Waals surface area contributed by atoms with Crippen LogP contribution in [0.2, 0.25) is 5.02 Å². The summed E-state index contributed by atoms with van der Waals surface area (Å²) < 4.78 is 42.0. The summed E-state index contributed by atoms with van der Waals surface area (Å²) in [5, 5.41) is 17.2. The molecule has 3 aromatic carbocycles. The highest BCUT2D eigenvalue weighted by atomic mass is 35.5. The smallest absolute Gasteiger partial charge is 0.293 e. The molecule has 15 nitrogen and oxygen atoms in total. The van der Waals surface area contributed by atoms with Gasteiger partial charge in [0.25, 0.3) is 21.6 Å². The van der Waals surface area contributed by atoms with E-state index in [2.05, 4.69) is 50.8 Å². The van der Waals surface area contributed by atoms with Gasteiger partial charge in [0, 0.05) is 86.9 Å². The van der Waals surface area contributed by atoms with Crippen LogP contribution < -0.4 is 24.6 Å². The molecule has 5 aromatic rings. The second-order valence-corrected chi connectivity index (χ2v) is 21.8.